The van der Waals surface area contributed by atoms with E-state index < -0.39 is 0 Å². The van der Waals surface area contributed by atoms with Crippen molar-refractivity contribution in [2.75, 3.05) is 13.1 Å². The fourth-order valence-electron chi connectivity index (χ4n) is 3.83. The maximum atomic E-state index is 13.4. The first-order chi connectivity index (χ1) is 13.3. The van der Waals surface area contributed by atoms with Crippen molar-refractivity contribution in [1.29, 1.82) is 0 Å². The van der Waals surface area contributed by atoms with E-state index in [0.29, 0.717) is 13.1 Å². The molecule has 1 saturated heterocycles. The molecule has 2 heterocycles. The van der Waals surface area contributed by atoms with E-state index in [0.717, 1.165) is 22.0 Å². The van der Waals surface area contributed by atoms with Gasteiger partial charge in [0.1, 0.15) is 6.10 Å². The fourth-order valence-corrected chi connectivity index (χ4v) is 3.83. The smallest absolute Gasteiger partial charge is 0.254 e. The van der Waals surface area contributed by atoms with E-state index in [4.69, 9.17) is 4.74 Å². The van der Waals surface area contributed by atoms with E-state index in [1.54, 1.807) is 0 Å². The zero-order valence-electron chi connectivity index (χ0n) is 17.1. The van der Waals surface area contributed by atoms with Crippen LogP contribution in [-0.2, 0) is 11.8 Å². The van der Waals surface area contributed by atoms with Gasteiger partial charge in [-0.3, -0.25) is 4.79 Å². The topological polar surface area (TPSA) is 34.5 Å². The molecule has 1 aliphatic rings. The molecule has 146 valence electrons. The van der Waals surface area contributed by atoms with Gasteiger partial charge in [-0.1, -0.05) is 57.2 Å². The first kappa shape index (κ1) is 18.8. The predicted octanol–water partition coefficient (Wildman–Crippen LogP) is 4.81. The Morgan fingerprint density at radius 1 is 1.04 bits per heavy atom. The van der Waals surface area contributed by atoms with Gasteiger partial charge in [0.2, 0.25) is 0 Å². The highest BCUT2D eigenvalue weighted by molar-refractivity contribution is 5.98. The van der Waals surface area contributed by atoms with E-state index in [2.05, 4.69) is 43.5 Å². The van der Waals surface area contributed by atoms with Crippen LogP contribution in [0.5, 0.6) is 0 Å². The molecule has 2 atom stereocenters. The van der Waals surface area contributed by atoms with Crippen molar-refractivity contribution in [1.82, 2.24) is 9.47 Å². The number of carbonyl (C=O) groups excluding carboxylic acids is 1. The Balaban J connectivity index is 1.65. The van der Waals surface area contributed by atoms with E-state index >= 15 is 0 Å². The third-order valence-electron chi connectivity index (χ3n) is 5.66. The number of morpholine rings is 1. The highest BCUT2D eigenvalue weighted by Crippen LogP contribution is 2.34. The molecule has 4 rings (SSSR count). The van der Waals surface area contributed by atoms with Crippen LogP contribution in [0.4, 0.5) is 0 Å². The number of hydrogen-bond donors (Lipinski definition) is 0. The standard InChI is InChI=1S/C24H28N2O2/c1-24(2,3)22-16-26(15-21(28-22)18-8-6-5-7-9-18)23(27)19-11-10-17-12-13-25(4)20(17)14-19/h5-14,21-22H,15-16H2,1-4H3/t21-,22+/m0/s1. The molecule has 28 heavy (non-hydrogen) atoms. The number of ether oxygens (including phenoxy) is 1. The summed E-state index contributed by atoms with van der Waals surface area (Å²) < 4.78 is 8.48. The largest absolute Gasteiger partial charge is 0.366 e. The summed E-state index contributed by atoms with van der Waals surface area (Å²) in [5, 5.41) is 1.15. The van der Waals surface area contributed by atoms with Crippen molar-refractivity contribution in [2.24, 2.45) is 12.5 Å². The molecule has 1 amide bonds. The van der Waals surface area contributed by atoms with Crippen LogP contribution in [0.3, 0.4) is 0 Å². The minimum Gasteiger partial charge on any atom is -0.366 e. The van der Waals surface area contributed by atoms with Crippen molar-refractivity contribution in [3.63, 3.8) is 0 Å². The number of fused-ring (bicyclic) bond motifs is 1. The van der Waals surface area contributed by atoms with Gasteiger partial charge in [0.25, 0.3) is 5.91 Å². The summed E-state index contributed by atoms with van der Waals surface area (Å²) in [5.41, 5.74) is 2.88. The SMILES string of the molecule is Cn1ccc2ccc(C(=O)N3C[C@@H](c4ccccc4)O[C@@H](C(C)(C)C)C3)cc21. The number of hydrogen-bond acceptors (Lipinski definition) is 2. The minimum atomic E-state index is -0.109. The number of carbonyl (C=O) groups is 1. The minimum absolute atomic E-state index is 0.0193. The molecule has 2 aromatic carbocycles. The molecule has 0 N–H and O–H groups in total. The van der Waals surface area contributed by atoms with E-state index in [-0.39, 0.29) is 23.5 Å². The normalized spacial score (nSPS) is 20.5. The van der Waals surface area contributed by atoms with Crippen LogP contribution < -0.4 is 0 Å². The molecule has 1 fully saturated rings. The van der Waals surface area contributed by atoms with Crippen LogP contribution in [0.25, 0.3) is 10.9 Å². The van der Waals surface area contributed by atoms with E-state index in [1.807, 2.05) is 54.5 Å². The molecular formula is C24H28N2O2. The second kappa shape index (κ2) is 7.10. The van der Waals surface area contributed by atoms with Gasteiger partial charge in [-0.15, -0.1) is 0 Å². The highest BCUT2D eigenvalue weighted by Gasteiger charge is 2.37. The lowest BCUT2D eigenvalue weighted by molar-refractivity contribution is -0.119. The van der Waals surface area contributed by atoms with Crippen molar-refractivity contribution < 1.29 is 9.53 Å². The lowest BCUT2D eigenvalue weighted by Crippen LogP contribution is -2.51. The molecule has 0 aliphatic carbocycles. The molecular weight excluding hydrogens is 348 g/mol. The Morgan fingerprint density at radius 3 is 2.50 bits per heavy atom. The Bertz CT molecular complexity index is 985. The number of benzene rings is 2. The van der Waals surface area contributed by atoms with E-state index in [1.165, 1.54) is 0 Å². The molecule has 0 saturated carbocycles. The summed E-state index contributed by atoms with van der Waals surface area (Å²) >= 11 is 0. The maximum Gasteiger partial charge on any atom is 0.254 e. The lowest BCUT2D eigenvalue weighted by atomic mass is 9.87. The Labute approximate surface area is 166 Å². The average molecular weight is 377 g/mol. The van der Waals surface area contributed by atoms with Crippen LogP contribution in [0.15, 0.2) is 60.8 Å². The maximum absolute atomic E-state index is 13.4. The van der Waals surface area contributed by atoms with Crippen LogP contribution in [0, 0.1) is 5.41 Å². The van der Waals surface area contributed by atoms with Gasteiger partial charge in [0.15, 0.2) is 0 Å². The first-order valence-electron chi connectivity index (χ1n) is 9.88. The number of amides is 1. The number of aryl methyl sites for hydroxylation is 1. The Hall–Kier alpha value is -2.59. The van der Waals surface area contributed by atoms with Gasteiger partial charge in [-0.2, -0.15) is 0 Å². The van der Waals surface area contributed by atoms with E-state index in [9.17, 15) is 4.79 Å². The quantitative estimate of drug-likeness (QED) is 0.643. The van der Waals surface area contributed by atoms with Gasteiger partial charge in [0, 0.05) is 30.9 Å². The van der Waals surface area contributed by atoms with Crippen molar-refractivity contribution in [3.05, 3.63) is 71.9 Å². The molecule has 4 nitrogen and oxygen atoms in total. The summed E-state index contributed by atoms with van der Waals surface area (Å²) in [6, 6.07) is 18.2. The molecule has 0 radical (unpaired) electrons. The molecule has 3 aromatic rings. The lowest BCUT2D eigenvalue weighted by Gasteiger charge is -2.43. The second-order valence-electron chi connectivity index (χ2n) is 8.80. The van der Waals surface area contributed by atoms with Gasteiger partial charge in [-0.05, 0) is 34.6 Å². The second-order valence-corrected chi connectivity index (χ2v) is 8.80. The van der Waals surface area contributed by atoms with Gasteiger partial charge < -0.3 is 14.2 Å². The predicted molar refractivity (Wildman–Crippen MR) is 112 cm³/mol. The highest BCUT2D eigenvalue weighted by atomic mass is 16.5. The van der Waals surface area contributed by atoms with Crippen LogP contribution >= 0.6 is 0 Å². The Kier molecular flexibility index (Phi) is 4.76. The molecule has 1 aromatic heterocycles. The van der Waals surface area contributed by atoms with Gasteiger partial charge in [-0.25, -0.2) is 0 Å². The van der Waals surface area contributed by atoms with Crippen molar-refractivity contribution in [2.45, 2.75) is 33.0 Å². The average Bonchev–Trinajstić information content (AvgIpc) is 3.07. The van der Waals surface area contributed by atoms with Crippen LogP contribution in [-0.4, -0.2) is 34.6 Å². The zero-order valence-corrected chi connectivity index (χ0v) is 17.1. The van der Waals surface area contributed by atoms with Gasteiger partial charge in [0.05, 0.1) is 12.6 Å². The van der Waals surface area contributed by atoms with Crippen LogP contribution in [0.2, 0.25) is 0 Å². The van der Waals surface area contributed by atoms with Crippen molar-refractivity contribution in [3.8, 4) is 0 Å². The molecule has 0 unspecified atom stereocenters. The molecule has 0 bridgehead atoms. The fraction of sp³-hybridized carbons (Fsp3) is 0.375. The summed E-state index contributed by atoms with van der Waals surface area (Å²) in [6.45, 7) is 7.69. The summed E-state index contributed by atoms with van der Waals surface area (Å²) in [4.78, 5) is 15.3. The van der Waals surface area contributed by atoms with Crippen molar-refractivity contribution >= 4 is 16.8 Å². The summed E-state index contributed by atoms with van der Waals surface area (Å²) in [6.07, 6.45) is 1.89. The van der Waals surface area contributed by atoms with Crippen LogP contribution in [0.1, 0.15) is 42.8 Å². The van der Waals surface area contributed by atoms with Gasteiger partial charge >= 0.3 is 0 Å². The number of nitrogens with zero attached hydrogens (tertiary/aromatic N) is 2. The molecule has 0 spiro atoms. The third-order valence-corrected chi connectivity index (χ3v) is 5.66. The monoisotopic (exact) mass is 376 g/mol. The third kappa shape index (κ3) is 3.57. The molecule has 4 heteroatoms. The molecule has 1 aliphatic heterocycles. The summed E-state index contributed by atoms with van der Waals surface area (Å²) in [5.74, 6) is 0.0709. The summed E-state index contributed by atoms with van der Waals surface area (Å²) in [7, 11) is 2.01. The first-order valence-corrected chi connectivity index (χ1v) is 9.88. The zero-order chi connectivity index (χ0) is 19.9. The number of rotatable bonds is 2. The number of aromatic nitrogens is 1. The Morgan fingerprint density at radius 2 is 1.79 bits per heavy atom.